The van der Waals surface area contributed by atoms with Crippen LogP contribution in [0.15, 0.2) is 6.33 Å². The van der Waals surface area contributed by atoms with Crippen molar-refractivity contribution in [2.75, 3.05) is 6.54 Å². The molecule has 1 aliphatic heterocycles. The highest BCUT2D eigenvalue weighted by atomic mass is 15.0. The third kappa shape index (κ3) is 1.65. The van der Waals surface area contributed by atoms with Crippen LogP contribution in [0.3, 0.4) is 0 Å². The van der Waals surface area contributed by atoms with Gasteiger partial charge in [0.05, 0.1) is 5.69 Å². The van der Waals surface area contributed by atoms with E-state index in [1.54, 1.807) is 6.33 Å². The van der Waals surface area contributed by atoms with Gasteiger partial charge < -0.3 is 5.32 Å². The van der Waals surface area contributed by atoms with Gasteiger partial charge in [-0.1, -0.05) is 0 Å². The van der Waals surface area contributed by atoms with Crippen LogP contribution in [0.2, 0.25) is 0 Å². The maximum absolute atomic E-state index is 4.50. The molecule has 1 N–H and O–H groups in total. The Bertz CT molecular complexity index is 356. The smallest absolute Gasteiger partial charge is 0.116 e. The molecule has 0 unspecified atom stereocenters. The van der Waals surface area contributed by atoms with Crippen molar-refractivity contribution < 1.29 is 0 Å². The molecule has 1 aromatic rings. The lowest BCUT2D eigenvalue weighted by molar-refractivity contribution is 0.586. The Morgan fingerprint density at radius 2 is 2.07 bits per heavy atom. The topological polar surface area (TPSA) is 37.8 Å². The van der Waals surface area contributed by atoms with Gasteiger partial charge in [-0.05, 0) is 50.6 Å². The number of aryl methyl sites for hydroxylation is 1. The summed E-state index contributed by atoms with van der Waals surface area (Å²) in [5.74, 6) is 0. The minimum atomic E-state index is 0.500. The van der Waals surface area contributed by atoms with Crippen molar-refractivity contribution >= 4 is 0 Å². The minimum Gasteiger partial charge on any atom is -0.309 e. The molecule has 1 aromatic heterocycles. The first kappa shape index (κ1) is 9.28. The largest absolute Gasteiger partial charge is 0.309 e. The molecule has 2 heterocycles. The molecule has 0 saturated carbocycles. The zero-order valence-corrected chi connectivity index (χ0v) is 9.00. The number of nitrogens with one attached hydrogen (secondary N) is 1. The molecule has 80 valence electrons. The van der Waals surface area contributed by atoms with Gasteiger partial charge in [-0.15, -0.1) is 0 Å². The van der Waals surface area contributed by atoms with Crippen molar-refractivity contribution in [3.63, 3.8) is 0 Å². The van der Waals surface area contributed by atoms with Crippen LogP contribution in [-0.4, -0.2) is 16.5 Å². The number of fused-ring (bicyclic) bond motifs is 1. The number of nitrogens with zero attached hydrogens (tertiary/aromatic N) is 2. The highest BCUT2D eigenvalue weighted by Crippen LogP contribution is 2.29. The van der Waals surface area contributed by atoms with Gasteiger partial charge in [-0.25, -0.2) is 9.97 Å². The van der Waals surface area contributed by atoms with Gasteiger partial charge in [0, 0.05) is 11.7 Å². The van der Waals surface area contributed by atoms with Crippen molar-refractivity contribution in [3.05, 3.63) is 23.3 Å². The maximum Gasteiger partial charge on any atom is 0.116 e. The van der Waals surface area contributed by atoms with Crippen molar-refractivity contribution in [2.24, 2.45) is 0 Å². The second-order valence-electron chi connectivity index (χ2n) is 4.54. The highest BCUT2D eigenvalue weighted by molar-refractivity contribution is 5.29. The third-order valence-corrected chi connectivity index (χ3v) is 3.55. The van der Waals surface area contributed by atoms with E-state index in [0.29, 0.717) is 6.04 Å². The van der Waals surface area contributed by atoms with Crippen molar-refractivity contribution in [3.8, 4) is 0 Å². The third-order valence-electron chi connectivity index (χ3n) is 3.55. The van der Waals surface area contributed by atoms with E-state index in [1.807, 2.05) is 0 Å². The molecule has 0 spiro atoms. The Balaban J connectivity index is 1.99. The zero-order valence-electron chi connectivity index (χ0n) is 9.00. The number of hydrogen-bond donors (Lipinski definition) is 1. The number of aromatic nitrogens is 2. The summed E-state index contributed by atoms with van der Waals surface area (Å²) in [5, 5.41) is 3.53. The van der Waals surface area contributed by atoms with Crippen LogP contribution in [0, 0.1) is 0 Å². The summed E-state index contributed by atoms with van der Waals surface area (Å²) in [4.78, 5) is 8.91. The molecule has 0 aromatic carbocycles. The zero-order chi connectivity index (χ0) is 10.1. The van der Waals surface area contributed by atoms with Gasteiger partial charge in [0.25, 0.3) is 0 Å². The predicted molar refractivity (Wildman–Crippen MR) is 58.7 cm³/mol. The van der Waals surface area contributed by atoms with E-state index in [1.165, 1.54) is 49.1 Å². The monoisotopic (exact) mass is 203 g/mol. The molecule has 3 rings (SSSR count). The van der Waals surface area contributed by atoms with Crippen molar-refractivity contribution in [2.45, 2.75) is 44.6 Å². The summed E-state index contributed by atoms with van der Waals surface area (Å²) in [5.41, 5.74) is 4.04. The Kier molecular flexibility index (Phi) is 2.41. The first-order valence-electron chi connectivity index (χ1n) is 6.01. The molecule has 0 radical (unpaired) electrons. The molecule has 0 bridgehead atoms. The predicted octanol–water partition coefficient (Wildman–Crippen LogP) is 1.78. The Morgan fingerprint density at radius 1 is 1.13 bits per heavy atom. The van der Waals surface area contributed by atoms with Gasteiger partial charge in [0.1, 0.15) is 6.33 Å². The fourth-order valence-electron chi connectivity index (χ4n) is 2.76. The van der Waals surface area contributed by atoms with Crippen LogP contribution < -0.4 is 5.32 Å². The SMILES string of the molecule is c1nc2c(c([C@@H]3CCCN3)n1)CCCC2. The molecule has 3 nitrogen and oxygen atoms in total. The summed E-state index contributed by atoms with van der Waals surface area (Å²) in [6.07, 6.45) is 9.20. The van der Waals surface area contributed by atoms with Gasteiger partial charge in [-0.3, -0.25) is 0 Å². The van der Waals surface area contributed by atoms with Gasteiger partial charge in [0.15, 0.2) is 0 Å². The van der Waals surface area contributed by atoms with Crippen LogP contribution in [0.5, 0.6) is 0 Å². The standard InChI is InChI=1S/C12H17N3/c1-2-5-10-9(4-1)12(15-8-14-10)11-6-3-7-13-11/h8,11,13H,1-7H2/t11-/m0/s1. The summed E-state index contributed by atoms with van der Waals surface area (Å²) in [6.45, 7) is 1.14. The lowest BCUT2D eigenvalue weighted by Gasteiger charge is -2.20. The summed E-state index contributed by atoms with van der Waals surface area (Å²) >= 11 is 0. The maximum atomic E-state index is 4.50. The fraction of sp³-hybridized carbons (Fsp3) is 0.667. The second-order valence-corrected chi connectivity index (χ2v) is 4.54. The molecule has 3 heteroatoms. The number of hydrogen-bond acceptors (Lipinski definition) is 3. The van der Waals surface area contributed by atoms with Gasteiger partial charge in [0.2, 0.25) is 0 Å². The van der Waals surface area contributed by atoms with Crippen molar-refractivity contribution in [1.29, 1.82) is 0 Å². The number of rotatable bonds is 1. The average Bonchev–Trinajstić information content (AvgIpc) is 2.82. The van der Waals surface area contributed by atoms with E-state index in [9.17, 15) is 0 Å². The van der Waals surface area contributed by atoms with E-state index in [4.69, 9.17) is 0 Å². The lowest BCUT2D eigenvalue weighted by Crippen LogP contribution is -2.19. The van der Waals surface area contributed by atoms with Crippen LogP contribution in [-0.2, 0) is 12.8 Å². The van der Waals surface area contributed by atoms with E-state index in [2.05, 4.69) is 15.3 Å². The Hall–Kier alpha value is -0.960. The van der Waals surface area contributed by atoms with Gasteiger partial charge in [-0.2, -0.15) is 0 Å². The molecule has 1 atom stereocenters. The molecule has 1 aliphatic carbocycles. The van der Waals surface area contributed by atoms with Crippen LogP contribution in [0.25, 0.3) is 0 Å². The highest BCUT2D eigenvalue weighted by Gasteiger charge is 2.23. The second kappa shape index (κ2) is 3.89. The molecular weight excluding hydrogens is 186 g/mol. The van der Waals surface area contributed by atoms with E-state index in [0.717, 1.165) is 13.0 Å². The molecule has 15 heavy (non-hydrogen) atoms. The lowest BCUT2D eigenvalue weighted by atomic mass is 9.92. The average molecular weight is 203 g/mol. The summed E-state index contributed by atoms with van der Waals surface area (Å²) in [6, 6.07) is 0.500. The molecule has 1 fully saturated rings. The quantitative estimate of drug-likeness (QED) is 0.756. The molecule has 0 amide bonds. The summed E-state index contributed by atoms with van der Waals surface area (Å²) < 4.78 is 0. The van der Waals surface area contributed by atoms with Crippen LogP contribution in [0.1, 0.15) is 48.7 Å². The first-order valence-corrected chi connectivity index (χ1v) is 6.01. The van der Waals surface area contributed by atoms with Gasteiger partial charge >= 0.3 is 0 Å². The van der Waals surface area contributed by atoms with E-state index in [-0.39, 0.29) is 0 Å². The Morgan fingerprint density at radius 3 is 2.93 bits per heavy atom. The summed E-state index contributed by atoms with van der Waals surface area (Å²) in [7, 11) is 0. The molecular formula is C12H17N3. The molecule has 1 saturated heterocycles. The van der Waals surface area contributed by atoms with E-state index < -0.39 is 0 Å². The van der Waals surface area contributed by atoms with Crippen LogP contribution >= 0.6 is 0 Å². The Labute approximate surface area is 90.3 Å². The normalized spacial score (nSPS) is 25.2. The molecule has 2 aliphatic rings. The first-order chi connectivity index (χ1) is 7.45. The van der Waals surface area contributed by atoms with Crippen LogP contribution in [0.4, 0.5) is 0 Å². The van der Waals surface area contributed by atoms with Crippen molar-refractivity contribution in [1.82, 2.24) is 15.3 Å². The minimum absolute atomic E-state index is 0.500. The van der Waals surface area contributed by atoms with E-state index >= 15 is 0 Å². The fourth-order valence-corrected chi connectivity index (χ4v) is 2.76.